The molecule has 0 spiro atoms. The van der Waals surface area contributed by atoms with Gasteiger partial charge in [-0.05, 0) is 22.4 Å². The lowest BCUT2D eigenvalue weighted by atomic mass is 10.1. The molecular formula is C18H20N6OS. The first-order chi connectivity index (χ1) is 12.6. The fraction of sp³-hybridized carbons (Fsp3) is 0.389. The van der Waals surface area contributed by atoms with Crippen LogP contribution < -0.4 is 0 Å². The average molecular weight is 368 g/mol. The van der Waals surface area contributed by atoms with Gasteiger partial charge in [0.15, 0.2) is 5.78 Å². The smallest absolute Gasteiger partial charge is 0.209 e. The average Bonchev–Trinajstić information content (AvgIpc) is 3.22. The lowest BCUT2D eigenvalue weighted by Gasteiger charge is -2.06. The van der Waals surface area contributed by atoms with Crippen LogP contribution in [0.4, 0.5) is 0 Å². The van der Waals surface area contributed by atoms with Gasteiger partial charge in [-0.1, -0.05) is 43.8 Å². The molecule has 3 rings (SSSR count). The summed E-state index contributed by atoms with van der Waals surface area (Å²) in [6.45, 7) is 5.48. The number of aryl methyl sites for hydroxylation is 1. The minimum Gasteiger partial charge on any atom is -0.346 e. The number of carbonyl (C=O) groups excluding carboxylic acids is 1. The number of para-hydroxylation sites is 1. The van der Waals surface area contributed by atoms with E-state index in [2.05, 4.69) is 35.4 Å². The van der Waals surface area contributed by atoms with Gasteiger partial charge in [0.25, 0.3) is 0 Å². The van der Waals surface area contributed by atoms with E-state index in [1.54, 1.807) is 4.68 Å². The summed E-state index contributed by atoms with van der Waals surface area (Å²) in [7, 11) is 0. The predicted octanol–water partition coefficient (Wildman–Crippen LogP) is 3.17. The lowest BCUT2D eigenvalue weighted by molar-refractivity contribution is 0.102. The topological polar surface area (TPSA) is 89.4 Å². The normalized spacial score (nSPS) is 11.2. The van der Waals surface area contributed by atoms with Gasteiger partial charge in [0.2, 0.25) is 5.16 Å². The van der Waals surface area contributed by atoms with Gasteiger partial charge < -0.3 is 4.57 Å². The number of ketones is 1. The van der Waals surface area contributed by atoms with E-state index >= 15 is 0 Å². The first-order valence-electron chi connectivity index (χ1n) is 8.47. The van der Waals surface area contributed by atoms with Crippen LogP contribution in [0.2, 0.25) is 0 Å². The molecule has 2 heterocycles. The van der Waals surface area contributed by atoms with Crippen LogP contribution in [0.25, 0.3) is 10.9 Å². The zero-order valence-electron chi connectivity index (χ0n) is 14.8. The number of tetrazole rings is 1. The minimum absolute atomic E-state index is 0.0287. The van der Waals surface area contributed by atoms with E-state index in [9.17, 15) is 4.79 Å². The molecule has 1 aromatic carbocycles. The number of Topliss-reactive ketones (excluding diaryl/α,β-unsaturated/α-hetero) is 1. The molecule has 0 bridgehead atoms. The Morgan fingerprint density at radius 1 is 1.35 bits per heavy atom. The van der Waals surface area contributed by atoms with Crippen LogP contribution in [-0.4, -0.2) is 36.3 Å². The first-order valence-corrected chi connectivity index (χ1v) is 9.45. The molecule has 7 nitrogen and oxygen atoms in total. The van der Waals surface area contributed by atoms with Crippen LogP contribution in [0, 0.1) is 17.2 Å². The Morgan fingerprint density at radius 2 is 2.15 bits per heavy atom. The third-order valence-electron chi connectivity index (χ3n) is 3.92. The quantitative estimate of drug-likeness (QED) is 0.448. The Kier molecular flexibility index (Phi) is 5.68. The lowest BCUT2D eigenvalue weighted by Crippen LogP contribution is -2.09. The summed E-state index contributed by atoms with van der Waals surface area (Å²) in [5.74, 6) is 0.720. The highest BCUT2D eigenvalue weighted by molar-refractivity contribution is 7.99. The number of hydrogen-bond donors (Lipinski definition) is 0. The van der Waals surface area contributed by atoms with Gasteiger partial charge in [0, 0.05) is 35.8 Å². The molecular weight excluding hydrogens is 348 g/mol. The number of hydrogen-bond acceptors (Lipinski definition) is 6. The van der Waals surface area contributed by atoms with Crippen molar-refractivity contribution in [2.24, 2.45) is 5.92 Å². The zero-order valence-corrected chi connectivity index (χ0v) is 15.6. The minimum atomic E-state index is 0.0287. The second kappa shape index (κ2) is 8.15. The highest BCUT2D eigenvalue weighted by Gasteiger charge is 2.17. The van der Waals surface area contributed by atoms with Crippen molar-refractivity contribution in [2.75, 3.05) is 5.75 Å². The predicted molar refractivity (Wildman–Crippen MR) is 99.9 cm³/mol. The molecule has 0 unspecified atom stereocenters. The molecule has 0 N–H and O–H groups in total. The number of fused-ring (bicyclic) bond motifs is 1. The molecule has 0 fully saturated rings. The van der Waals surface area contributed by atoms with E-state index in [1.807, 2.05) is 35.0 Å². The second-order valence-corrected chi connectivity index (χ2v) is 7.35. The number of carbonyl (C=O) groups is 1. The summed E-state index contributed by atoms with van der Waals surface area (Å²) in [4.78, 5) is 12.8. The summed E-state index contributed by atoms with van der Waals surface area (Å²) in [5.41, 5.74) is 1.65. The van der Waals surface area contributed by atoms with Gasteiger partial charge in [-0.25, -0.2) is 4.68 Å². The Balaban J connectivity index is 1.78. The summed E-state index contributed by atoms with van der Waals surface area (Å²) in [5, 5.41) is 22.1. The van der Waals surface area contributed by atoms with Gasteiger partial charge in [-0.3, -0.25) is 4.79 Å². The number of thioether (sulfide) groups is 1. The van der Waals surface area contributed by atoms with E-state index in [0.717, 1.165) is 17.4 Å². The Morgan fingerprint density at radius 3 is 2.92 bits per heavy atom. The number of aromatic nitrogens is 5. The van der Waals surface area contributed by atoms with Crippen molar-refractivity contribution in [3.8, 4) is 6.07 Å². The Bertz CT molecular complexity index is 952. The molecule has 0 aliphatic carbocycles. The van der Waals surface area contributed by atoms with E-state index in [-0.39, 0.29) is 11.5 Å². The summed E-state index contributed by atoms with van der Waals surface area (Å²) in [6, 6.07) is 9.92. The number of nitriles is 1. The van der Waals surface area contributed by atoms with Crippen molar-refractivity contribution < 1.29 is 4.79 Å². The number of rotatable bonds is 8. The molecule has 0 radical (unpaired) electrons. The zero-order chi connectivity index (χ0) is 18.5. The molecule has 0 saturated carbocycles. The third-order valence-corrected chi connectivity index (χ3v) is 4.88. The molecule has 0 saturated heterocycles. The van der Waals surface area contributed by atoms with Crippen LogP contribution in [0.1, 0.15) is 30.6 Å². The van der Waals surface area contributed by atoms with Crippen molar-refractivity contribution in [1.82, 2.24) is 24.8 Å². The summed E-state index contributed by atoms with van der Waals surface area (Å²) < 4.78 is 3.71. The van der Waals surface area contributed by atoms with Gasteiger partial charge >= 0.3 is 0 Å². The van der Waals surface area contributed by atoms with Crippen molar-refractivity contribution in [1.29, 1.82) is 5.26 Å². The van der Waals surface area contributed by atoms with Crippen molar-refractivity contribution >= 4 is 28.4 Å². The third kappa shape index (κ3) is 3.94. The molecule has 0 amide bonds. The SMILES string of the molecule is CC(C)Cn1nnnc1SCC(=O)c1cn(CCC#N)c2ccccc12. The first kappa shape index (κ1) is 18.1. The van der Waals surface area contributed by atoms with Gasteiger partial charge in [0.1, 0.15) is 0 Å². The fourth-order valence-corrected chi connectivity index (χ4v) is 3.56. The van der Waals surface area contributed by atoms with Gasteiger partial charge in [0.05, 0.1) is 18.2 Å². The van der Waals surface area contributed by atoms with Gasteiger partial charge in [-0.15, -0.1) is 5.10 Å². The monoisotopic (exact) mass is 368 g/mol. The van der Waals surface area contributed by atoms with Crippen molar-refractivity contribution in [3.05, 3.63) is 36.0 Å². The molecule has 2 aromatic heterocycles. The maximum absolute atomic E-state index is 12.8. The van der Waals surface area contributed by atoms with Crippen molar-refractivity contribution in [2.45, 2.75) is 38.5 Å². The van der Waals surface area contributed by atoms with Crippen LogP contribution in [0.15, 0.2) is 35.6 Å². The molecule has 8 heteroatoms. The standard InChI is InChI=1S/C18H20N6OS/c1-13(2)10-24-18(20-21-22-24)26-12-17(25)15-11-23(9-5-8-19)16-7-4-3-6-14(15)16/h3-4,6-7,11,13H,5,9-10,12H2,1-2H3. The summed E-state index contributed by atoms with van der Waals surface area (Å²) in [6.07, 6.45) is 2.26. The highest BCUT2D eigenvalue weighted by atomic mass is 32.2. The van der Waals surface area contributed by atoms with E-state index in [1.165, 1.54) is 11.8 Å². The van der Waals surface area contributed by atoms with E-state index in [4.69, 9.17) is 5.26 Å². The number of benzene rings is 1. The second-order valence-electron chi connectivity index (χ2n) is 6.41. The van der Waals surface area contributed by atoms with Crippen LogP contribution in [0.3, 0.4) is 0 Å². The van der Waals surface area contributed by atoms with Crippen LogP contribution in [0.5, 0.6) is 0 Å². The van der Waals surface area contributed by atoms with E-state index < -0.39 is 0 Å². The molecule has 3 aromatic rings. The highest BCUT2D eigenvalue weighted by Crippen LogP contribution is 2.24. The van der Waals surface area contributed by atoms with Gasteiger partial charge in [-0.2, -0.15) is 5.26 Å². The van der Waals surface area contributed by atoms with E-state index in [0.29, 0.717) is 29.6 Å². The molecule has 0 aliphatic rings. The molecule has 26 heavy (non-hydrogen) atoms. The Hall–Kier alpha value is -2.66. The molecule has 0 aliphatic heterocycles. The fourth-order valence-electron chi connectivity index (χ4n) is 2.79. The van der Waals surface area contributed by atoms with Crippen molar-refractivity contribution in [3.63, 3.8) is 0 Å². The Labute approximate surface area is 156 Å². The molecule has 0 atom stereocenters. The number of nitrogens with zero attached hydrogens (tertiary/aromatic N) is 6. The van der Waals surface area contributed by atoms with Crippen LogP contribution >= 0.6 is 11.8 Å². The molecule has 134 valence electrons. The van der Waals surface area contributed by atoms with Crippen LogP contribution in [-0.2, 0) is 13.1 Å². The summed E-state index contributed by atoms with van der Waals surface area (Å²) >= 11 is 1.35. The largest absolute Gasteiger partial charge is 0.346 e. The maximum atomic E-state index is 12.8. The maximum Gasteiger partial charge on any atom is 0.209 e.